The second kappa shape index (κ2) is 42.0. The summed E-state index contributed by atoms with van der Waals surface area (Å²) in [6.45, 7) is 4.59. The number of carbonyl (C=O) groups excluding carboxylic acids is 1. The Hall–Kier alpha value is -1.28. The standard InChI is InChI=1S/C50H97N2O6P/c1-6-8-10-12-14-16-18-19-20-21-22-23-24-25-26-27-28-29-30-31-32-33-34-36-38-40-42-44-50(54)51-48(47-58-59(55,56)57-46-45-52(3,4)5)49(53)43-41-39-37-35-17-15-13-11-9-7-2/h17,25-26,35,41,43,48-49,53H,6-16,18-24,27-34,36-40,42,44-47H2,1-5H3,(H-,51,54,55,56)/b26-25-,35-17+,43-41+. The SMILES string of the molecule is CCCCCC/C=C/CC/C=C/C(O)C(COP(=O)([O-])OCC[N+](C)(C)C)NC(=O)CCCCCCCCCCCCC/C=C\CCCCCCCCCCCCCC. The minimum Gasteiger partial charge on any atom is -0.756 e. The van der Waals surface area contributed by atoms with Crippen molar-refractivity contribution < 1.29 is 32.9 Å². The molecule has 0 heterocycles. The minimum absolute atomic E-state index is 0.00643. The number of hydrogen-bond donors (Lipinski definition) is 2. The van der Waals surface area contributed by atoms with E-state index in [0.29, 0.717) is 17.4 Å². The second-order valence-electron chi connectivity index (χ2n) is 18.2. The summed E-state index contributed by atoms with van der Waals surface area (Å²) >= 11 is 0. The van der Waals surface area contributed by atoms with Crippen molar-refractivity contribution in [3.05, 3.63) is 36.5 Å². The third-order valence-electron chi connectivity index (χ3n) is 11.1. The molecule has 0 spiro atoms. The van der Waals surface area contributed by atoms with Crippen molar-refractivity contribution in [2.45, 2.75) is 238 Å². The van der Waals surface area contributed by atoms with Crippen LogP contribution < -0.4 is 10.2 Å². The summed E-state index contributed by atoms with van der Waals surface area (Å²) < 4.78 is 23.2. The molecule has 0 saturated carbocycles. The monoisotopic (exact) mass is 853 g/mol. The lowest BCUT2D eigenvalue weighted by molar-refractivity contribution is -0.870. The predicted molar refractivity (Wildman–Crippen MR) is 251 cm³/mol. The Morgan fingerprint density at radius 1 is 0.576 bits per heavy atom. The number of likely N-dealkylation sites (N-methyl/N-ethyl adjacent to an activating group) is 1. The van der Waals surface area contributed by atoms with Crippen molar-refractivity contribution in [3.63, 3.8) is 0 Å². The lowest BCUT2D eigenvalue weighted by Gasteiger charge is -2.29. The Kier molecular flexibility index (Phi) is 41.1. The first-order chi connectivity index (χ1) is 28.5. The van der Waals surface area contributed by atoms with Crippen molar-refractivity contribution in [2.24, 2.45) is 0 Å². The molecular formula is C50H97N2O6P. The van der Waals surface area contributed by atoms with Gasteiger partial charge in [-0.25, -0.2) is 0 Å². The van der Waals surface area contributed by atoms with Crippen molar-refractivity contribution in [3.8, 4) is 0 Å². The number of aliphatic hydroxyl groups is 1. The fraction of sp³-hybridized carbons (Fsp3) is 0.860. The van der Waals surface area contributed by atoms with Gasteiger partial charge in [0.2, 0.25) is 5.91 Å². The Balaban J connectivity index is 4.11. The molecule has 3 atom stereocenters. The summed E-state index contributed by atoms with van der Waals surface area (Å²) in [6.07, 6.45) is 52.3. The number of aliphatic hydroxyl groups excluding tert-OH is 1. The van der Waals surface area contributed by atoms with Gasteiger partial charge in [-0.05, 0) is 57.8 Å². The van der Waals surface area contributed by atoms with E-state index in [2.05, 4.69) is 43.5 Å². The molecule has 0 aromatic carbocycles. The molecule has 0 aliphatic carbocycles. The van der Waals surface area contributed by atoms with Crippen molar-refractivity contribution in [1.29, 1.82) is 0 Å². The largest absolute Gasteiger partial charge is 0.756 e. The van der Waals surface area contributed by atoms with Gasteiger partial charge in [0.25, 0.3) is 7.82 Å². The second-order valence-corrected chi connectivity index (χ2v) is 19.6. The van der Waals surface area contributed by atoms with Crippen molar-refractivity contribution >= 4 is 13.7 Å². The fourth-order valence-electron chi connectivity index (χ4n) is 7.10. The Morgan fingerprint density at radius 2 is 0.949 bits per heavy atom. The van der Waals surface area contributed by atoms with E-state index in [1.54, 1.807) is 6.08 Å². The van der Waals surface area contributed by atoms with E-state index in [0.717, 1.165) is 38.5 Å². The Bertz CT molecular complexity index is 1060. The van der Waals surface area contributed by atoms with Crippen LogP contribution in [0.25, 0.3) is 0 Å². The maximum Gasteiger partial charge on any atom is 0.268 e. The molecule has 0 bridgehead atoms. The number of unbranched alkanes of at least 4 members (excludes halogenated alkanes) is 28. The highest BCUT2D eigenvalue weighted by atomic mass is 31.2. The van der Waals surface area contributed by atoms with Crippen LogP contribution in [0.4, 0.5) is 0 Å². The summed E-state index contributed by atoms with van der Waals surface area (Å²) in [5, 5.41) is 13.7. The molecule has 9 heteroatoms. The zero-order valence-corrected chi connectivity index (χ0v) is 40.4. The summed E-state index contributed by atoms with van der Waals surface area (Å²) in [5.74, 6) is -0.209. The highest BCUT2D eigenvalue weighted by molar-refractivity contribution is 7.45. The topological polar surface area (TPSA) is 108 Å². The van der Waals surface area contributed by atoms with Gasteiger partial charge in [0.15, 0.2) is 0 Å². The van der Waals surface area contributed by atoms with Gasteiger partial charge in [-0.3, -0.25) is 9.36 Å². The summed E-state index contributed by atoms with van der Waals surface area (Å²) in [5.41, 5.74) is 0. The Morgan fingerprint density at radius 3 is 1.39 bits per heavy atom. The normalized spacial score (nSPS) is 14.5. The quantitative estimate of drug-likeness (QED) is 0.0273. The fourth-order valence-corrected chi connectivity index (χ4v) is 7.83. The molecule has 1 amide bonds. The molecule has 0 aliphatic heterocycles. The van der Waals surface area contributed by atoms with Crippen LogP contribution in [0.5, 0.6) is 0 Å². The van der Waals surface area contributed by atoms with Crippen LogP contribution in [0.1, 0.15) is 226 Å². The molecule has 3 unspecified atom stereocenters. The molecule has 0 aliphatic rings. The highest BCUT2D eigenvalue weighted by Crippen LogP contribution is 2.38. The van der Waals surface area contributed by atoms with Crippen LogP contribution in [-0.2, 0) is 18.4 Å². The van der Waals surface area contributed by atoms with Gasteiger partial charge in [-0.2, -0.15) is 0 Å². The minimum atomic E-state index is -4.59. The first kappa shape index (κ1) is 57.7. The highest BCUT2D eigenvalue weighted by Gasteiger charge is 2.23. The van der Waals surface area contributed by atoms with Crippen LogP contribution in [0.3, 0.4) is 0 Å². The third-order valence-corrected chi connectivity index (χ3v) is 12.0. The van der Waals surface area contributed by atoms with E-state index < -0.39 is 26.6 Å². The number of carbonyl (C=O) groups is 1. The number of amides is 1. The summed E-state index contributed by atoms with van der Waals surface area (Å²) in [4.78, 5) is 25.3. The molecule has 2 N–H and O–H groups in total. The molecule has 0 saturated heterocycles. The van der Waals surface area contributed by atoms with Gasteiger partial charge >= 0.3 is 0 Å². The lowest BCUT2D eigenvalue weighted by Crippen LogP contribution is -2.45. The number of nitrogens with zero attached hydrogens (tertiary/aromatic N) is 1. The maximum atomic E-state index is 12.9. The number of rotatable bonds is 45. The van der Waals surface area contributed by atoms with Crippen molar-refractivity contribution in [2.75, 3.05) is 40.9 Å². The van der Waals surface area contributed by atoms with Gasteiger partial charge in [-0.15, -0.1) is 0 Å². The average Bonchev–Trinajstić information content (AvgIpc) is 3.19. The van der Waals surface area contributed by atoms with Crippen LogP contribution in [0.2, 0.25) is 0 Å². The van der Waals surface area contributed by atoms with E-state index in [1.165, 1.54) is 167 Å². The number of hydrogen-bond acceptors (Lipinski definition) is 6. The van der Waals surface area contributed by atoms with Crippen LogP contribution in [-0.4, -0.2) is 68.5 Å². The van der Waals surface area contributed by atoms with E-state index >= 15 is 0 Å². The van der Waals surface area contributed by atoms with Gasteiger partial charge in [0.1, 0.15) is 13.2 Å². The molecule has 0 aromatic heterocycles. The van der Waals surface area contributed by atoms with Gasteiger partial charge in [0, 0.05) is 6.42 Å². The third kappa shape index (κ3) is 44.6. The zero-order valence-electron chi connectivity index (χ0n) is 39.5. The lowest BCUT2D eigenvalue weighted by atomic mass is 10.0. The van der Waals surface area contributed by atoms with Crippen LogP contribution in [0, 0.1) is 0 Å². The van der Waals surface area contributed by atoms with Gasteiger partial charge in [0.05, 0.1) is 39.9 Å². The van der Waals surface area contributed by atoms with E-state index in [-0.39, 0.29) is 12.5 Å². The van der Waals surface area contributed by atoms with Crippen LogP contribution in [0.15, 0.2) is 36.5 Å². The smallest absolute Gasteiger partial charge is 0.268 e. The first-order valence-corrected chi connectivity index (χ1v) is 26.3. The van der Waals surface area contributed by atoms with Gasteiger partial charge < -0.3 is 28.8 Å². The number of allylic oxidation sites excluding steroid dienone is 5. The average molecular weight is 853 g/mol. The molecule has 0 radical (unpaired) electrons. The summed E-state index contributed by atoms with van der Waals surface area (Å²) in [7, 11) is 1.24. The van der Waals surface area contributed by atoms with E-state index in [1.807, 2.05) is 27.2 Å². The molecule has 0 rings (SSSR count). The predicted octanol–water partition coefficient (Wildman–Crippen LogP) is 13.6. The van der Waals surface area contributed by atoms with Gasteiger partial charge in [-0.1, -0.05) is 198 Å². The van der Waals surface area contributed by atoms with E-state index in [9.17, 15) is 19.4 Å². The molecule has 59 heavy (non-hydrogen) atoms. The summed E-state index contributed by atoms with van der Waals surface area (Å²) in [6, 6.07) is -0.900. The van der Waals surface area contributed by atoms with Crippen molar-refractivity contribution in [1.82, 2.24) is 5.32 Å². The molecular weight excluding hydrogens is 756 g/mol. The van der Waals surface area contributed by atoms with E-state index in [4.69, 9.17) is 9.05 Å². The zero-order chi connectivity index (χ0) is 43.6. The van der Waals surface area contributed by atoms with Crippen LogP contribution >= 0.6 is 7.82 Å². The Labute approximate surface area is 366 Å². The number of phosphoric ester groups is 1. The molecule has 0 aromatic rings. The first-order valence-electron chi connectivity index (χ1n) is 24.9. The number of quaternary nitrogens is 1. The molecule has 8 nitrogen and oxygen atoms in total. The molecule has 348 valence electrons. The number of phosphoric acid groups is 1. The number of nitrogens with one attached hydrogen (secondary N) is 1. The maximum absolute atomic E-state index is 12.9. The molecule has 0 fully saturated rings.